The van der Waals surface area contributed by atoms with E-state index < -0.39 is 0 Å². The van der Waals surface area contributed by atoms with Gasteiger partial charge in [-0.2, -0.15) is 5.10 Å². The number of rotatable bonds is 8. The van der Waals surface area contributed by atoms with Gasteiger partial charge in [-0.05, 0) is 53.6 Å². The minimum Gasteiger partial charge on any atom is -0.383 e. The van der Waals surface area contributed by atoms with E-state index in [1.807, 2.05) is 6.20 Å². The van der Waals surface area contributed by atoms with E-state index >= 15 is 0 Å². The van der Waals surface area contributed by atoms with E-state index in [-0.39, 0.29) is 0 Å². The summed E-state index contributed by atoms with van der Waals surface area (Å²) in [6.07, 6.45) is 7.04. The molecule has 1 aliphatic carbocycles. The molecule has 5 heteroatoms. The molecule has 1 heterocycles. The maximum absolute atomic E-state index is 5.22. The summed E-state index contributed by atoms with van der Waals surface area (Å²) in [5.41, 5.74) is 1.29. The van der Waals surface area contributed by atoms with Crippen molar-refractivity contribution < 1.29 is 4.74 Å². The Kier molecular flexibility index (Phi) is 6.71. The minimum atomic E-state index is 0.392. The van der Waals surface area contributed by atoms with Crippen molar-refractivity contribution >= 4 is 15.9 Å². The highest BCUT2D eigenvalue weighted by Crippen LogP contribution is 2.40. The molecule has 0 radical (unpaired) electrons. The van der Waals surface area contributed by atoms with Crippen molar-refractivity contribution in [1.29, 1.82) is 0 Å². The normalized spacial score (nSPS) is 23.6. The zero-order valence-corrected chi connectivity index (χ0v) is 15.0. The Morgan fingerprint density at radius 3 is 2.95 bits per heavy atom. The van der Waals surface area contributed by atoms with E-state index in [9.17, 15) is 0 Å². The average molecular weight is 358 g/mol. The number of nitrogens with one attached hydrogen (secondary N) is 1. The van der Waals surface area contributed by atoms with Crippen LogP contribution in [0.25, 0.3) is 0 Å². The Labute approximate surface area is 136 Å². The number of nitrogens with zero attached hydrogens (tertiary/aromatic N) is 2. The lowest BCUT2D eigenvalue weighted by molar-refractivity contribution is 0.180. The summed E-state index contributed by atoms with van der Waals surface area (Å²) < 4.78 is 8.44. The largest absolute Gasteiger partial charge is 0.383 e. The molecule has 1 N–H and O–H groups in total. The lowest BCUT2D eigenvalue weighted by Gasteiger charge is -2.26. The molecule has 2 rings (SSSR count). The maximum Gasteiger partial charge on any atom is 0.0699 e. The number of aromatic nitrogens is 2. The van der Waals surface area contributed by atoms with Gasteiger partial charge in [-0.25, -0.2) is 0 Å². The second-order valence-electron chi connectivity index (χ2n) is 6.20. The topological polar surface area (TPSA) is 39.1 Å². The number of halogens is 1. The fourth-order valence-electron chi connectivity index (χ4n) is 3.38. The summed E-state index contributed by atoms with van der Waals surface area (Å²) in [7, 11) is 1.74. The van der Waals surface area contributed by atoms with E-state index in [4.69, 9.17) is 4.74 Å². The molecule has 3 unspecified atom stereocenters. The fraction of sp³-hybridized carbons (Fsp3) is 0.812. The highest BCUT2D eigenvalue weighted by molar-refractivity contribution is 9.10. The Hall–Kier alpha value is -0.390. The zero-order valence-electron chi connectivity index (χ0n) is 13.4. The Balaban J connectivity index is 2.20. The van der Waals surface area contributed by atoms with Gasteiger partial charge in [0.1, 0.15) is 0 Å². The van der Waals surface area contributed by atoms with Gasteiger partial charge < -0.3 is 10.1 Å². The predicted octanol–water partition coefficient (Wildman–Crippen LogP) is 3.77. The predicted molar refractivity (Wildman–Crippen MR) is 89.3 cm³/mol. The van der Waals surface area contributed by atoms with Crippen molar-refractivity contribution in [2.24, 2.45) is 11.8 Å². The first-order valence-electron chi connectivity index (χ1n) is 8.10. The highest BCUT2D eigenvalue weighted by atomic mass is 79.9. The van der Waals surface area contributed by atoms with Gasteiger partial charge in [0, 0.05) is 7.11 Å². The molecule has 0 spiro atoms. The van der Waals surface area contributed by atoms with Gasteiger partial charge in [0.2, 0.25) is 0 Å². The average Bonchev–Trinajstić information content (AvgIpc) is 3.05. The number of hydrogen-bond acceptors (Lipinski definition) is 3. The molecule has 21 heavy (non-hydrogen) atoms. The van der Waals surface area contributed by atoms with Crippen LogP contribution in [0.15, 0.2) is 10.7 Å². The van der Waals surface area contributed by atoms with Crippen LogP contribution in [0.2, 0.25) is 0 Å². The summed E-state index contributed by atoms with van der Waals surface area (Å²) >= 11 is 3.70. The lowest BCUT2D eigenvalue weighted by Crippen LogP contribution is -2.31. The summed E-state index contributed by atoms with van der Waals surface area (Å²) in [6, 6.07) is 0.392. The maximum atomic E-state index is 5.22. The molecular weight excluding hydrogens is 330 g/mol. The first-order valence-corrected chi connectivity index (χ1v) is 8.90. The summed E-state index contributed by atoms with van der Waals surface area (Å²) in [6.45, 7) is 7.15. The van der Waals surface area contributed by atoms with Crippen LogP contribution in [-0.4, -0.2) is 30.0 Å². The van der Waals surface area contributed by atoms with Crippen LogP contribution in [0, 0.1) is 11.8 Å². The minimum absolute atomic E-state index is 0.392. The molecule has 1 aromatic rings. The Bertz CT molecular complexity index is 435. The number of hydrogen-bond donors (Lipinski definition) is 1. The molecule has 1 aliphatic rings. The van der Waals surface area contributed by atoms with E-state index in [0.717, 1.165) is 29.9 Å². The van der Waals surface area contributed by atoms with Gasteiger partial charge in [-0.15, -0.1) is 0 Å². The van der Waals surface area contributed by atoms with Crippen molar-refractivity contribution in [1.82, 2.24) is 15.1 Å². The van der Waals surface area contributed by atoms with Gasteiger partial charge in [-0.1, -0.05) is 20.3 Å². The molecule has 0 aliphatic heterocycles. The van der Waals surface area contributed by atoms with E-state index in [1.54, 1.807) is 7.11 Å². The Morgan fingerprint density at radius 2 is 2.33 bits per heavy atom. The molecule has 1 aromatic heterocycles. The van der Waals surface area contributed by atoms with Gasteiger partial charge in [-0.3, -0.25) is 4.68 Å². The van der Waals surface area contributed by atoms with Crippen LogP contribution >= 0.6 is 15.9 Å². The molecule has 0 aromatic carbocycles. The first-order chi connectivity index (χ1) is 10.2. The fourth-order valence-corrected chi connectivity index (χ4v) is 3.92. The number of ether oxygens (including phenoxy) is 1. The number of methoxy groups -OCH3 is 1. The Morgan fingerprint density at radius 1 is 1.52 bits per heavy atom. The SMILES string of the molecule is CCCNC(c1c(Br)cnn1CCOC)C1CCC(C)C1. The molecular formula is C16H28BrN3O. The third-order valence-electron chi connectivity index (χ3n) is 4.46. The van der Waals surface area contributed by atoms with Crippen molar-refractivity contribution in [3.8, 4) is 0 Å². The molecule has 0 bridgehead atoms. The van der Waals surface area contributed by atoms with Crippen LogP contribution in [0.3, 0.4) is 0 Å². The first kappa shape index (κ1) is 17.0. The smallest absolute Gasteiger partial charge is 0.0699 e. The molecule has 120 valence electrons. The summed E-state index contributed by atoms with van der Waals surface area (Å²) in [5.74, 6) is 1.55. The van der Waals surface area contributed by atoms with Crippen LogP contribution in [0.5, 0.6) is 0 Å². The lowest BCUT2D eigenvalue weighted by atomic mass is 9.94. The van der Waals surface area contributed by atoms with Crippen molar-refractivity contribution in [2.45, 2.75) is 52.1 Å². The van der Waals surface area contributed by atoms with Gasteiger partial charge in [0.15, 0.2) is 0 Å². The molecule has 0 saturated heterocycles. The molecule has 0 amide bonds. The van der Waals surface area contributed by atoms with Gasteiger partial charge in [0.25, 0.3) is 0 Å². The third kappa shape index (κ3) is 4.30. The van der Waals surface area contributed by atoms with Crippen LogP contribution in [0.1, 0.15) is 51.3 Å². The molecule has 4 nitrogen and oxygen atoms in total. The second-order valence-corrected chi connectivity index (χ2v) is 7.06. The van der Waals surface area contributed by atoms with Crippen LogP contribution in [-0.2, 0) is 11.3 Å². The molecule has 1 fully saturated rings. The van der Waals surface area contributed by atoms with Crippen molar-refractivity contribution in [3.63, 3.8) is 0 Å². The molecule has 1 saturated carbocycles. The third-order valence-corrected chi connectivity index (χ3v) is 5.07. The summed E-state index contributed by atoms with van der Waals surface area (Å²) in [5, 5.41) is 8.28. The zero-order chi connectivity index (χ0) is 15.2. The monoisotopic (exact) mass is 357 g/mol. The summed E-state index contributed by atoms with van der Waals surface area (Å²) in [4.78, 5) is 0. The highest BCUT2D eigenvalue weighted by Gasteiger charge is 2.32. The van der Waals surface area contributed by atoms with E-state index in [0.29, 0.717) is 18.6 Å². The second kappa shape index (κ2) is 8.30. The van der Waals surface area contributed by atoms with Crippen LogP contribution < -0.4 is 5.32 Å². The van der Waals surface area contributed by atoms with Crippen LogP contribution in [0.4, 0.5) is 0 Å². The molecule has 3 atom stereocenters. The van der Waals surface area contributed by atoms with Gasteiger partial charge >= 0.3 is 0 Å². The van der Waals surface area contributed by atoms with E-state index in [1.165, 1.54) is 25.0 Å². The quantitative estimate of drug-likeness (QED) is 0.769. The van der Waals surface area contributed by atoms with Crippen molar-refractivity contribution in [2.75, 3.05) is 20.3 Å². The van der Waals surface area contributed by atoms with Crippen molar-refractivity contribution in [3.05, 3.63) is 16.4 Å². The standard InChI is InChI=1S/C16H28BrN3O/c1-4-7-18-15(13-6-5-12(2)10-13)16-14(17)11-19-20(16)8-9-21-3/h11-13,15,18H,4-10H2,1-3H3. The van der Waals surface area contributed by atoms with Gasteiger partial charge in [0.05, 0.1) is 35.6 Å². The van der Waals surface area contributed by atoms with E-state index in [2.05, 4.69) is 44.9 Å².